The van der Waals surface area contributed by atoms with Gasteiger partial charge >= 0.3 is 6.18 Å². The number of hydrogen-bond donors (Lipinski definition) is 0. The SMILES string of the molecule is Cc1cn(-c2ccc3n(c2=O)CCN(CCOc2cccc(C(F)(F)F)c2)C3=O)cn1. The Labute approximate surface area is 175 Å². The Morgan fingerprint density at radius 2 is 1.94 bits per heavy atom. The van der Waals surface area contributed by atoms with Gasteiger partial charge in [0.2, 0.25) is 0 Å². The third kappa shape index (κ3) is 4.18. The number of hydrogen-bond acceptors (Lipinski definition) is 4. The summed E-state index contributed by atoms with van der Waals surface area (Å²) in [6.07, 6.45) is -1.18. The van der Waals surface area contributed by atoms with Crippen LogP contribution < -0.4 is 10.3 Å². The van der Waals surface area contributed by atoms with E-state index < -0.39 is 11.7 Å². The Morgan fingerprint density at radius 1 is 1.13 bits per heavy atom. The molecule has 1 aliphatic rings. The predicted octanol–water partition coefficient (Wildman–Crippen LogP) is 2.90. The Balaban J connectivity index is 1.44. The number of halogens is 3. The topological polar surface area (TPSA) is 69.4 Å². The maximum absolute atomic E-state index is 12.8. The van der Waals surface area contributed by atoms with E-state index in [9.17, 15) is 22.8 Å². The summed E-state index contributed by atoms with van der Waals surface area (Å²) in [5.41, 5.74) is 0.346. The molecule has 162 valence electrons. The van der Waals surface area contributed by atoms with Crippen molar-refractivity contribution in [3.8, 4) is 11.4 Å². The lowest BCUT2D eigenvalue weighted by Crippen LogP contribution is -2.46. The normalized spacial score (nSPS) is 13.9. The summed E-state index contributed by atoms with van der Waals surface area (Å²) in [7, 11) is 0. The summed E-state index contributed by atoms with van der Waals surface area (Å²) in [5, 5.41) is 0. The standard InChI is InChI=1S/C21H19F3N4O3/c1-14-12-27(13-25-14)17-5-6-18-19(29)26(7-8-28(18)20(17)30)9-10-31-16-4-2-3-15(11-16)21(22,23)24/h2-6,11-13H,7-10H2,1H3. The van der Waals surface area contributed by atoms with Gasteiger partial charge in [-0.1, -0.05) is 6.07 Å². The molecule has 1 amide bonds. The van der Waals surface area contributed by atoms with Gasteiger partial charge in [0, 0.05) is 19.3 Å². The fourth-order valence-corrected chi connectivity index (χ4v) is 3.46. The summed E-state index contributed by atoms with van der Waals surface area (Å²) in [4.78, 5) is 31.2. The van der Waals surface area contributed by atoms with Gasteiger partial charge in [-0.15, -0.1) is 0 Å². The Bertz CT molecular complexity index is 1180. The first-order chi connectivity index (χ1) is 14.7. The Hall–Kier alpha value is -3.56. The van der Waals surface area contributed by atoms with Gasteiger partial charge in [0.05, 0.1) is 24.1 Å². The number of aryl methyl sites for hydroxylation is 1. The largest absolute Gasteiger partial charge is 0.492 e. The van der Waals surface area contributed by atoms with Gasteiger partial charge in [-0.05, 0) is 37.3 Å². The van der Waals surface area contributed by atoms with E-state index >= 15 is 0 Å². The fourth-order valence-electron chi connectivity index (χ4n) is 3.46. The van der Waals surface area contributed by atoms with Crippen molar-refractivity contribution in [2.45, 2.75) is 19.6 Å². The summed E-state index contributed by atoms with van der Waals surface area (Å²) < 4.78 is 46.9. The van der Waals surface area contributed by atoms with E-state index in [1.807, 2.05) is 6.92 Å². The number of carbonyl (C=O) groups excluding carboxylic acids is 1. The van der Waals surface area contributed by atoms with Crippen LogP contribution in [-0.2, 0) is 12.7 Å². The highest BCUT2D eigenvalue weighted by Crippen LogP contribution is 2.31. The Morgan fingerprint density at radius 3 is 2.65 bits per heavy atom. The number of fused-ring (bicyclic) bond motifs is 1. The molecule has 0 unspecified atom stereocenters. The highest BCUT2D eigenvalue weighted by Gasteiger charge is 2.31. The molecule has 0 spiro atoms. The average Bonchev–Trinajstić information content (AvgIpc) is 3.16. The molecule has 1 aromatic carbocycles. The number of aromatic nitrogens is 3. The summed E-state index contributed by atoms with van der Waals surface area (Å²) >= 11 is 0. The molecule has 3 heterocycles. The highest BCUT2D eigenvalue weighted by atomic mass is 19.4. The summed E-state index contributed by atoms with van der Waals surface area (Å²) in [5.74, 6) is -0.250. The number of pyridine rings is 1. The molecular weight excluding hydrogens is 413 g/mol. The van der Waals surface area contributed by atoms with Crippen molar-refractivity contribution >= 4 is 5.91 Å². The number of carbonyl (C=O) groups is 1. The third-order valence-corrected chi connectivity index (χ3v) is 5.04. The van der Waals surface area contributed by atoms with E-state index in [2.05, 4.69) is 4.98 Å². The zero-order valence-corrected chi connectivity index (χ0v) is 16.6. The first-order valence-corrected chi connectivity index (χ1v) is 9.58. The van der Waals surface area contributed by atoms with Crippen LogP contribution >= 0.6 is 0 Å². The fraction of sp³-hybridized carbons (Fsp3) is 0.286. The molecular formula is C21H19F3N4O3. The monoisotopic (exact) mass is 432 g/mol. The van der Waals surface area contributed by atoms with Crippen LogP contribution in [0, 0.1) is 6.92 Å². The molecule has 2 aromatic heterocycles. The van der Waals surface area contributed by atoms with Crippen LogP contribution in [0.1, 0.15) is 21.7 Å². The van der Waals surface area contributed by atoms with Crippen molar-refractivity contribution in [3.05, 3.63) is 76.2 Å². The van der Waals surface area contributed by atoms with Crippen LogP contribution in [-0.4, -0.2) is 44.6 Å². The molecule has 0 bridgehead atoms. The number of imidazole rings is 1. The van der Waals surface area contributed by atoms with Crippen LogP contribution in [0.25, 0.3) is 5.69 Å². The lowest BCUT2D eigenvalue weighted by molar-refractivity contribution is -0.137. The summed E-state index contributed by atoms with van der Waals surface area (Å²) in [6.45, 7) is 2.64. The average molecular weight is 432 g/mol. The molecule has 0 fully saturated rings. The van der Waals surface area contributed by atoms with Crippen LogP contribution in [0.5, 0.6) is 5.75 Å². The quantitative estimate of drug-likeness (QED) is 0.622. The van der Waals surface area contributed by atoms with E-state index in [1.54, 1.807) is 29.2 Å². The van der Waals surface area contributed by atoms with Crippen molar-refractivity contribution in [3.63, 3.8) is 0 Å². The van der Waals surface area contributed by atoms with Gasteiger partial charge in [-0.2, -0.15) is 13.2 Å². The smallest absolute Gasteiger partial charge is 0.416 e. The molecule has 0 saturated heterocycles. The van der Waals surface area contributed by atoms with Crippen molar-refractivity contribution < 1.29 is 22.7 Å². The van der Waals surface area contributed by atoms with Crippen LogP contribution in [0.2, 0.25) is 0 Å². The van der Waals surface area contributed by atoms with Crippen LogP contribution in [0.3, 0.4) is 0 Å². The number of rotatable bonds is 5. The zero-order chi connectivity index (χ0) is 22.2. The lowest BCUT2D eigenvalue weighted by atomic mass is 10.2. The van der Waals surface area contributed by atoms with Gasteiger partial charge in [0.1, 0.15) is 23.7 Å². The maximum Gasteiger partial charge on any atom is 0.416 e. The minimum atomic E-state index is -4.45. The van der Waals surface area contributed by atoms with Crippen LogP contribution in [0.4, 0.5) is 13.2 Å². The van der Waals surface area contributed by atoms with E-state index in [0.717, 1.165) is 17.8 Å². The molecule has 4 rings (SSSR count). The first kappa shape index (κ1) is 20.7. The molecule has 10 heteroatoms. The maximum atomic E-state index is 12.8. The lowest BCUT2D eigenvalue weighted by Gasteiger charge is -2.29. The molecule has 0 saturated carbocycles. The van der Waals surface area contributed by atoms with Crippen molar-refractivity contribution in [1.82, 2.24) is 19.0 Å². The number of amides is 1. The highest BCUT2D eigenvalue weighted by molar-refractivity contribution is 5.93. The van der Waals surface area contributed by atoms with Gasteiger partial charge in [-0.3, -0.25) is 9.59 Å². The van der Waals surface area contributed by atoms with Gasteiger partial charge in [0.15, 0.2) is 0 Å². The minimum absolute atomic E-state index is 0.0314. The number of nitrogens with zero attached hydrogens (tertiary/aromatic N) is 4. The van der Waals surface area contributed by atoms with Gasteiger partial charge < -0.3 is 18.8 Å². The molecule has 0 atom stereocenters. The van der Waals surface area contributed by atoms with E-state index in [0.29, 0.717) is 18.8 Å². The van der Waals surface area contributed by atoms with Crippen molar-refractivity contribution in [1.29, 1.82) is 0 Å². The molecule has 0 radical (unpaired) electrons. The number of benzene rings is 1. The second-order valence-corrected chi connectivity index (χ2v) is 7.15. The van der Waals surface area contributed by atoms with Gasteiger partial charge in [-0.25, -0.2) is 4.98 Å². The zero-order valence-electron chi connectivity index (χ0n) is 16.6. The van der Waals surface area contributed by atoms with E-state index in [-0.39, 0.29) is 36.1 Å². The minimum Gasteiger partial charge on any atom is -0.492 e. The number of ether oxygens (including phenoxy) is 1. The van der Waals surface area contributed by atoms with E-state index in [1.165, 1.54) is 21.6 Å². The van der Waals surface area contributed by atoms with Crippen molar-refractivity contribution in [2.24, 2.45) is 0 Å². The molecule has 7 nitrogen and oxygen atoms in total. The van der Waals surface area contributed by atoms with Crippen molar-refractivity contribution in [2.75, 3.05) is 19.7 Å². The van der Waals surface area contributed by atoms with Crippen LogP contribution in [0.15, 0.2) is 53.7 Å². The molecule has 0 N–H and O–H groups in total. The van der Waals surface area contributed by atoms with E-state index in [4.69, 9.17) is 4.74 Å². The molecule has 3 aromatic rings. The predicted molar refractivity (Wildman–Crippen MR) is 105 cm³/mol. The van der Waals surface area contributed by atoms with Gasteiger partial charge in [0.25, 0.3) is 11.5 Å². The molecule has 31 heavy (non-hydrogen) atoms. The molecule has 1 aliphatic heterocycles. The Kier molecular flexibility index (Phi) is 5.30. The second-order valence-electron chi connectivity index (χ2n) is 7.15. The second kappa shape index (κ2) is 7.93. The first-order valence-electron chi connectivity index (χ1n) is 9.58. The summed E-state index contributed by atoms with van der Waals surface area (Å²) in [6, 6.07) is 7.76. The number of alkyl halides is 3. The third-order valence-electron chi connectivity index (χ3n) is 5.04. The molecule has 0 aliphatic carbocycles.